The predicted molar refractivity (Wildman–Crippen MR) is 101 cm³/mol. The molecule has 0 bridgehead atoms. The lowest BCUT2D eigenvalue weighted by atomic mass is 10.2. The van der Waals surface area contributed by atoms with Crippen LogP contribution in [0.15, 0.2) is 60.7 Å². The maximum atomic E-state index is 12.7. The van der Waals surface area contributed by atoms with Crippen molar-refractivity contribution >= 4 is 22.8 Å². The van der Waals surface area contributed by atoms with E-state index in [0.717, 1.165) is 16.5 Å². The summed E-state index contributed by atoms with van der Waals surface area (Å²) in [5, 5.41) is 3.64. The van der Waals surface area contributed by atoms with Gasteiger partial charge in [0.1, 0.15) is 12.2 Å². The zero-order valence-corrected chi connectivity index (χ0v) is 14.9. The number of nitrogens with zero attached hydrogens (tertiary/aromatic N) is 1. The Labute approximate surface area is 152 Å². The molecule has 2 aromatic carbocycles. The number of rotatable bonds is 6. The Hall–Kier alpha value is -3.08. The molecule has 0 aliphatic carbocycles. The lowest BCUT2D eigenvalue weighted by molar-refractivity contribution is -0.146. The third-order valence-electron chi connectivity index (χ3n) is 3.99. The molecule has 3 aromatic rings. The van der Waals surface area contributed by atoms with Crippen LogP contribution >= 0.6 is 0 Å². The van der Waals surface area contributed by atoms with Gasteiger partial charge in [-0.2, -0.15) is 0 Å². The molecule has 0 aliphatic heterocycles. The predicted octanol–water partition coefficient (Wildman–Crippen LogP) is 3.37. The van der Waals surface area contributed by atoms with Crippen molar-refractivity contribution in [1.82, 2.24) is 9.88 Å². The fraction of sp³-hybridized carbons (Fsp3) is 0.238. The van der Waals surface area contributed by atoms with E-state index < -0.39 is 5.97 Å². The molecule has 0 saturated carbocycles. The molecule has 1 amide bonds. The molecule has 5 nitrogen and oxygen atoms in total. The van der Waals surface area contributed by atoms with Crippen LogP contribution in [0, 0.1) is 0 Å². The zero-order valence-electron chi connectivity index (χ0n) is 14.9. The van der Waals surface area contributed by atoms with E-state index in [-0.39, 0.29) is 18.6 Å². The van der Waals surface area contributed by atoms with Crippen LogP contribution in [0.4, 0.5) is 0 Å². The molecule has 1 aromatic heterocycles. The smallest absolute Gasteiger partial charge is 0.325 e. The third kappa shape index (κ3) is 4.11. The van der Waals surface area contributed by atoms with E-state index >= 15 is 0 Å². The van der Waals surface area contributed by atoms with Crippen LogP contribution in [0.3, 0.4) is 0 Å². The molecular formula is C21H22N2O3. The molecule has 134 valence electrons. The van der Waals surface area contributed by atoms with Gasteiger partial charge in [0, 0.05) is 17.4 Å². The Bertz CT molecular complexity index is 913. The Morgan fingerprint density at radius 3 is 2.46 bits per heavy atom. The summed E-state index contributed by atoms with van der Waals surface area (Å²) in [6.07, 6.45) is -0.205. The van der Waals surface area contributed by atoms with Crippen LogP contribution in [0.5, 0.6) is 0 Å². The lowest BCUT2D eigenvalue weighted by Crippen LogP contribution is -2.33. The van der Waals surface area contributed by atoms with E-state index in [4.69, 9.17) is 4.74 Å². The first-order valence-corrected chi connectivity index (χ1v) is 8.64. The number of hydrogen-bond donors (Lipinski definition) is 1. The van der Waals surface area contributed by atoms with E-state index in [1.54, 1.807) is 13.8 Å². The van der Waals surface area contributed by atoms with E-state index in [2.05, 4.69) is 5.32 Å². The van der Waals surface area contributed by atoms with Crippen molar-refractivity contribution in [3.05, 3.63) is 71.9 Å². The second-order valence-electron chi connectivity index (χ2n) is 6.38. The second-order valence-corrected chi connectivity index (χ2v) is 6.38. The largest absolute Gasteiger partial charge is 0.462 e. The van der Waals surface area contributed by atoms with Crippen LogP contribution in [0.25, 0.3) is 10.9 Å². The maximum Gasteiger partial charge on any atom is 0.325 e. The topological polar surface area (TPSA) is 60.3 Å². The number of esters is 1. The molecule has 0 saturated heterocycles. The molecule has 0 aliphatic rings. The number of hydrogen-bond acceptors (Lipinski definition) is 3. The van der Waals surface area contributed by atoms with Crippen LogP contribution < -0.4 is 5.32 Å². The molecule has 0 spiro atoms. The van der Waals surface area contributed by atoms with Crippen molar-refractivity contribution < 1.29 is 14.3 Å². The highest BCUT2D eigenvalue weighted by Crippen LogP contribution is 2.21. The number of carbonyl (C=O) groups excluding carboxylic acids is 2. The van der Waals surface area contributed by atoms with Gasteiger partial charge in [-0.15, -0.1) is 0 Å². The molecule has 1 N–H and O–H groups in total. The molecular weight excluding hydrogens is 328 g/mol. The minimum Gasteiger partial charge on any atom is -0.462 e. The third-order valence-corrected chi connectivity index (χ3v) is 3.99. The minimum atomic E-state index is -0.445. The molecule has 0 unspecified atom stereocenters. The first-order valence-electron chi connectivity index (χ1n) is 8.64. The maximum absolute atomic E-state index is 12.7. The SMILES string of the molecule is CC(C)OC(=O)CNC(=O)c1cc2ccccc2n1Cc1ccccc1. The molecule has 26 heavy (non-hydrogen) atoms. The lowest BCUT2D eigenvalue weighted by Gasteiger charge is -2.12. The van der Waals surface area contributed by atoms with E-state index in [9.17, 15) is 9.59 Å². The quantitative estimate of drug-likeness (QED) is 0.694. The summed E-state index contributed by atoms with van der Waals surface area (Å²) in [5.41, 5.74) is 2.60. The summed E-state index contributed by atoms with van der Waals surface area (Å²) in [4.78, 5) is 24.4. The summed E-state index contributed by atoms with van der Waals surface area (Å²) < 4.78 is 7.03. The first kappa shape index (κ1) is 17.7. The number of aromatic nitrogens is 1. The van der Waals surface area contributed by atoms with E-state index in [0.29, 0.717) is 12.2 Å². The molecule has 0 atom stereocenters. The standard InChI is InChI=1S/C21H22N2O3/c1-15(2)26-20(24)13-22-21(25)19-12-17-10-6-7-11-18(17)23(19)14-16-8-4-3-5-9-16/h3-12,15H,13-14H2,1-2H3,(H,22,25). The molecule has 0 radical (unpaired) electrons. The average molecular weight is 350 g/mol. The highest BCUT2D eigenvalue weighted by Gasteiger charge is 2.17. The van der Waals surface area contributed by atoms with Gasteiger partial charge >= 0.3 is 5.97 Å². The summed E-state index contributed by atoms with van der Waals surface area (Å²) in [6, 6.07) is 19.7. The average Bonchev–Trinajstić information content (AvgIpc) is 2.99. The summed E-state index contributed by atoms with van der Waals surface area (Å²) in [5.74, 6) is -0.739. The number of nitrogens with one attached hydrogen (secondary N) is 1. The Balaban J connectivity index is 1.86. The molecule has 0 fully saturated rings. The van der Waals surface area contributed by atoms with Crippen LogP contribution in [0.2, 0.25) is 0 Å². The second kappa shape index (κ2) is 7.87. The number of para-hydroxylation sites is 1. The van der Waals surface area contributed by atoms with Crippen LogP contribution in [-0.4, -0.2) is 29.1 Å². The Morgan fingerprint density at radius 2 is 1.73 bits per heavy atom. The van der Waals surface area contributed by atoms with Crippen molar-refractivity contribution in [3.63, 3.8) is 0 Å². The van der Waals surface area contributed by atoms with Gasteiger partial charge in [-0.25, -0.2) is 0 Å². The van der Waals surface area contributed by atoms with Crippen molar-refractivity contribution in [2.24, 2.45) is 0 Å². The van der Waals surface area contributed by atoms with Gasteiger partial charge in [0.15, 0.2) is 0 Å². The van der Waals surface area contributed by atoms with Crippen molar-refractivity contribution in [2.45, 2.75) is 26.5 Å². The van der Waals surface area contributed by atoms with Gasteiger partial charge in [0.25, 0.3) is 5.91 Å². The molecule has 3 rings (SSSR count). The van der Waals surface area contributed by atoms with Gasteiger partial charge in [-0.3, -0.25) is 9.59 Å². The highest BCUT2D eigenvalue weighted by molar-refractivity contribution is 5.99. The summed E-state index contributed by atoms with van der Waals surface area (Å²) in [6.45, 7) is 3.98. The van der Waals surface area contributed by atoms with Gasteiger partial charge in [-0.05, 0) is 31.5 Å². The van der Waals surface area contributed by atoms with Crippen molar-refractivity contribution in [1.29, 1.82) is 0 Å². The number of ether oxygens (including phenoxy) is 1. The zero-order chi connectivity index (χ0) is 18.5. The number of benzene rings is 2. The van der Waals surface area contributed by atoms with E-state index in [1.807, 2.05) is 65.2 Å². The fourth-order valence-corrected chi connectivity index (χ4v) is 2.88. The first-order chi connectivity index (χ1) is 12.5. The summed E-state index contributed by atoms with van der Waals surface area (Å²) >= 11 is 0. The van der Waals surface area contributed by atoms with Crippen molar-refractivity contribution in [2.75, 3.05) is 6.54 Å². The normalized spacial score (nSPS) is 10.9. The van der Waals surface area contributed by atoms with Crippen LogP contribution in [-0.2, 0) is 16.1 Å². The van der Waals surface area contributed by atoms with Gasteiger partial charge in [-0.1, -0.05) is 48.5 Å². The number of fused-ring (bicyclic) bond motifs is 1. The molecule has 1 heterocycles. The molecule has 5 heteroatoms. The summed E-state index contributed by atoms with van der Waals surface area (Å²) in [7, 11) is 0. The van der Waals surface area contributed by atoms with E-state index in [1.165, 1.54) is 0 Å². The van der Waals surface area contributed by atoms with Gasteiger partial charge < -0.3 is 14.6 Å². The Kier molecular flexibility index (Phi) is 5.37. The van der Waals surface area contributed by atoms with Gasteiger partial charge in [0.2, 0.25) is 0 Å². The fourth-order valence-electron chi connectivity index (χ4n) is 2.88. The van der Waals surface area contributed by atoms with Crippen LogP contribution in [0.1, 0.15) is 29.9 Å². The highest BCUT2D eigenvalue weighted by atomic mass is 16.5. The number of amides is 1. The minimum absolute atomic E-state index is 0.149. The van der Waals surface area contributed by atoms with Crippen molar-refractivity contribution in [3.8, 4) is 0 Å². The monoisotopic (exact) mass is 350 g/mol. The van der Waals surface area contributed by atoms with Gasteiger partial charge in [0.05, 0.1) is 6.10 Å². The Morgan fingerprint density at radius 1 is 1.04 bits per heavy atom. The number of carbonyl (C=O) groups is 2.